The summed E-state index contributed by atoms with van der Waals surface area (Å²) >= 11 is 0. The molecule has 1 aromatic rings. The van der Waals surface area contributed by atoms with Crippen LogP contribution in [0.5, 0.6) is 0 Å². The molecule has 0 radical (unpaired) electrons. The van der Waals surface area contributed by atoms with Crippen LogP contribution < -0.4 is 0 Å². The highest BCUT2D eigenvalue weighted by molar-refractivity contribution is 5.90. The smallest absolute Gasteiger partial charge is 0.320 e. The summed E-state index contributed by atoms with van der Waals surface area (Å²) in [5, 5.41) is 4.05. The van der Waals surface area contributed by atoms with Gasteiger partial charge in [-0.3, -0.25) is 4.79 Å². The van der Waals surface area contributed by atoms with Gasteiger partial charge in [0, 0.05) is 31.1 Å². The Morgan fingerprint density at radius 2 is 1.92 bits per heavy atom. The second-order valence-electron chi connectivity index (χ2n) is 8.16. The zero-order valence-corrected chi connectivity index (χ0v) is 16.0. The van der Waals surface area contributed by atoms with Gasteiger partial charge in [-0.15, -0.1) is 0 Å². The Balaban J connectivity index is 1.67. The molecule has 2 aliphatic heterocycles. The van der Waals surface area contributed by atoms with Crippen LogP contribution in [0, 0.1) is 0 Å². The Morgan fingerprint density at radius 1 is 1.19 bits per heavy atom. The summed E-state index contributed by atoms with van der Waals surface area (Å²) in [5.41, 5.74) is 0.501. The predicted octanol–water partition coefficient (Wildman–Crippen LogP) is 2.39. The molecule has 0 spiro atoms. The number of aromatic nitrogens is 1. The van der Waals surface area contributed by atoms with E-state index in [1.165, 1.54) is 0 Å². The van der Waals surface area contributed by atoms with Crippen molar-refractivity contribution in [1.82, 2.24) is 15.0 Å². The highest BCUT2D eigenvalue weighted by Gasteiger charge is 2.35. The van der Waals surface area contributed by atoms with Crippen molar-refractivity contribution >= 4 is 11.8 Å². The first-order chi connectivity index (χ1) is 12.4. The second kappa shape index (κ2) is 7.78. The number of piperidine rings is 1. The topological polar surface area (TPSA) is 75.9 Å². The number of Topliss-reactive ketones (excluding diaryl/α,β-unsaturated/α-hetero) is 1. The van der Waals surface area contributed by atoms with Crippen LogP contribution in [-0.2, 0) is 21.4 Å². The van der Waals surface area contributed by atoms with Gasteiger partial charge in [-0.05, 0) is 19.3 Å². The quantitative estimate of drug-likeness (QED) is 0.824. The number of amides is 2. The number of hydrogen-bond acceptors (Lipinski definition) is 5. The average Bonchev–Trinajstić information content (AvgIpc) is 3.11. The summed E-state index contributed by atoms with van der Waals surface area (Å²) in [6.07, 6.45) is 2.84. The lowest BCUT2D eigenvalue weighted by Gasteiger charge is -2.39. The van der Waals surface area contributed by atoms with Gasteiger partial charge in [-0.25, -0.2) is 4.79 Å². The molecule has 0 aromatic carbocycles. The maximum atomic E-state index is 12.9. The third-order valence-corrected chi connectivity index (χ3v) is 5.06. The molecule has 1 aromatic heterocycles. The summed E-state index contributed by atoms with van der Waals surface area (Å²) in [5.74, 6) is 0.810. The van der Waals surface area contributed by atoms with Gasteiger partial charge in [0.1, 0.15) is 5.76 Å². The first kappa shape index (κ1) is 18.9. The van der Waals surface area contributed by atoms with Crippen LogP contribution >= 0.6 is 0 Å². The number of rotatable bonds is 3. The van der Waals surface area contributed by atoms with Crippen molar-refractivity contribution in [3.63, 3.8) is 0 Å². The summed E-state index contributed by atoms with van der Waals surface area (Å²) in [4.78, 5) is 29.3. The number of hydrogen-bond donors (Lipinski definition) is 0. The fourth-order valence-electron chi connectivity index (χ4n) is 3.48. The van der Waals surface area contributed by atoms with Crippen molar-refractivity contribution in [3.8, 4) is 0 Å². The molecular weight excluding hydrogens is 334 g/mol. The molecule has 2 fully saturated rings. The van der Waals surface area contributed by atoms with Crippen molar-refractivity contribution in [1.29, 1.82) is 0 Å². The van der Waals surface area contributed by atoms with Crippen LogP contribution in [0.2, 0.25) is 0 Å². The minimum atomic E-state index is -0.367. The van der Waals surface area contributed by atoms with Gasteiger partial charge in [0.15, 0.2) is 5.78 Å². The van der Waals surface area contributed by atoms with E-state index < -0.39 is 0 Å². The van der Waals surface area contributed by atoms with Crippen LogP contribution in [0.15, 0.2) is 10.6 Å². The molecule has 3 heterocycles. The third-order valence-electron chi connectivity index (χ3n) is 5.06. The molecule has 0 bridgehead atoms. The standard InChI is InChI=1S/C19H29N3O4/c1-19(2,3)17-13-14(20-26-17)12-16(23)15-6-4-5-7-22(15)18(24)21-8-10-25-11-9-21/h13,15H,4-12H2,1-3H3/t15-/m0/s1. The zero-order valence-electron chi connectivity index (χ0n) is 16.0. The van der Waals surface area contributed by atoms with Gasteiger partial charge in [0.05, 0.1) is 31.4 Å². The number of ether oxygens (including phenoxy) is 1. The zero-order chi connectivity index (χ0) is 18.7. The Labute approximate surface area is 154 Å². The van der Waals surface area contributed by atoms with Crippen LogP contribution in [0.25, 0.3) is 0 Å². The number of carbonyl (C=O) groups excluding carboxylic acids is 2. The minimum Gasteiger partial charge on any atom is -0.378 e. The van der Waals surface area contributed by atoms with Crippen LogP contribution in [-0.4, -0.2) is 65.7 Å². The van der Waals surface area contributed by atoms with E-state index in [4.69, 9.17) is 9.26 Å². The van der Waals surface area contributed by atoms with E-state index in [0.717, 1.165) is 25.0 Å². The van der Waals surface area contributed by atoms with Gasteiger partial charge in [0.2, 0.25) is 0 Å². The third kappa shape index (κ3) is 4.26. The van der Waals surface area contributed by atoms with E-state index in [1.54, 1.807) is 9.80 Å². The molecule has 144 valence electrons. The molecule has 0 aliphatic carbocycles. The maximum Gasteiger partial charge on any atom is 0.320 e. The molecule has 2 saturated heterocycles. The number of nitrogens with zero attached hydrogens (tertiary/aromatic N) is 3. The molecule has 0 N–H and O–H groups in total. The van der Waals surface area contributed by atoms with Gasteiger partial charge >= 0.3 is 6.03 Å². The van der Waals surface area contributed by atoms with Gasteiger partial charge in [-0.2, -0.15) is 0 Å². The van der Waals surface area contributed by atoms with E-state index in [9.17, 15) is 9.59 Å². The Bertz CT molecular complexity index is 643. The summed E-state index contributed by atoms with van der Waals surface area (Å²) in [6.45, 7) is 9.08. The van der Waals surface area contributed by atoms with Gasteiger partial charge < -0.3 is 19.1 Å². The SMILES string of the molecule is CC(C)(C)c1cc(CC(=O)[C@@H]2CCCCN2C(=O)N2CCOCC2)no1. The average molecular weight is 363 g/mol. The number of likely N-dealkylation sites (tertiary alicyclic amines) is 1. The normalized spacial score (nSPS) is 21.7. The lowest BCUT2D eigenvalue weighted by Crippen LogP contribution is -2.55. The second-order valence-corrected chi connectivity index (χ2v) is 8.16. The van der Waals surface area contributed by atoms with Crippen molar-refractivity contribution in [2.24, 2.45) is 0 Å². The largest absolute Gasteiger partial charge is 0.378 e. The molecule has 2 aliphatic rings. The molecule has 3 rings (SSSR count). The molecule has 1 atom stereocenters. The molecule has 0 unspecified atom stereocenters. The van der Waals surface area contributed by atoms with Gasteiger partial charge in [-0.1, -0.05) is 25.9 Å². The first-order valence-corrected chi connectivity index (χ1v) is 9.48. The summed E-state index contributed by atoms with van der Waals surface area (Å²) in [7, 11) is 0. The number of urea groups is 1. The molecule has 7 nitrogen and oxygen atoms in total. The molecule has 2 amide bonds. The number of morpholine rings is 1. The number of carbonyl (C=O) groups is 2. The lowest BCUT2D eigenvalue weighted by atomic mass is 9.92. The summed E-state index contributed by atoms with van der Waals surface area (Å²) < 4.78 is 10.7. The Kier molecular flexibility index (Phi) is 5.65. The van der Waals surface area contributed by atoms with Gasteiger partial charge in [0.25, 0.3) is 0 Å². The molecular formula is C19H29N3O4. The van der Waals surface area contributed by atoms with Crippen LogP contribution in [0.3, 0.4) is 0 Å². The molecule has 7 heteroatoms. The van der Waals surface area contributed by atoms with Crippen molar-refractivity contribution in [3.05, 3.63) is 17.5 Å². The van der Waals surface area contributed by atoms with E-state index in [2.05, 4.69) is 5.16 Å². The minimum absolute atomic E-state index is 0.0399. The van der Waals surface area contributed by atoms with E-state index >= 15 is 0 Å². The fraction of sp³-hybridized carbons (Fsp3) is 0.737. The number of ketones is 1. The van der Waals surface area contributed by atoms with E-state index in [0.29, 0.717) is 38.5 Å². The highest BCUT2D eigenvalue weighted by atomic mass is 16.5. The first-order valence-electron chi connectivity index (χ1n) is 9.48. The summed E-state index contributed by atoms with van der Waals surface area (Å²) in [6, 6.07) is 1.45. The Morgan fingerprint density at radius 3 is 2.58 bits per heavy atom. The van der Waals surface area contributed by atoms with E-state index in [1.807, 2.05) is 26.8 Å². The van der Waals surface area contributed by atoms with Crippen molar-refractivity contribution in [2.75, 3.05) is 32.8 Å². The van der Waals surface area contributed by atoms with Crippen molar-refractivity contribution < 1.29 is 18.8 Å². The maximum absolute atomic E-state index is 12.9. The Hall–Kier alpha value is -1.89. The highest BCUT2D eigenvalue weighted by Crippen LogP contribution is 2.25. The van der Waals surface area contributed by atoms with Crippen LogP contribution in [0.1, 0.15) is 51.5 Å². The lowest BCUT2D eigenvalue weighted by molar-refractivity contribution is -0.124. The van der Waals surface area contributed by atoms with Crippen LogP contribution in [0.4, 0.5) is 4.79 Å². The molecule has 0 saturated carbocycles. The molecule has 26 heavy (non-hydrogen) atoms. The predicted molar refractivity (Wildman–Crippen MR) is 96.0 cm³/mol. The fourth-order valence-corrected chi connectivity index (χ4v) is 3.48. The van der Waals surface area contributed by atoms with Crippen molar-refractivity contribution in [2.45, 2.75) is 57.9 Å². The van der Waals surface area contributed by atoms with E-state index in [-0.39, 0.29) is 29.7 Å². The monoisotopic (exact) mass is 363 g/mol.